The number of hydrogen-bond donors (Lipinski definition) is 0. The highest BCUT2D eigenvalue weighted by Crippen LogP contribution is 2.31. The summed E-state index contributed by atoms with van der Waals surface area (Å²) in [4.78, 5) is 26.5. The molecule has 1 aromatic carbocycles. The number of alkyl halides is 3. The number of amides is 2. The van der Waals surface area contributed by atoms with Crippen molar-refractivity contribution >= 4 is 21.8 Å². The van der Waals surface area contributed by atoms with Crippen LogP contribution in [0.1, 0.15) is 18.4 Å². The van der Waals surface area contributed by atoms with E-state index in [1.807, 2.05) is 0 Å². The maximum Gasteiger partial charge on any atom is 0.416 e. The van der Waals surface area contributed by atoms with E-state index in [0.29, 0.717) is 19.0 Å². The van der Waals surface area contributed by atoms with Gasteiger partial charge in [0.25, 0.3) is 0 Å². The van der Waals surface area contributed by atoms with Crippen LogP contribution >= 0.6 is 0 Å². The lowest BCUT2D eigenvalue weighted by Gasteiger charge is -2.34. The van der Waals surface area contributed by atoms with Crippen LogP contribution in [-0.2, 0) is 25.8 Å². The largest absolute Gasteiger partial charge is 0.416 e. The lowest BCUT2D eigenvalue weighted by molar-refractivity contribution is -0.139. The fourth-order valence-electron chi connectivity index (χ4n) is 3.29. The molecule has 0 bridgehead atoms. The van der Waals surface area contributed by atoms with E-state index in [-0.39, 0.29) is 44.5 Å². The van der Waals surface area contributed by atoms with Crippen LogP contribution in [0.25, 0.3) is 0 Å². The Balaban J connectivity index is 1.64. The molecule has 0 radical (unpaired) electrons. The number of hydrogen-bond acceptors (Lipinski definition) is 4. The minimum absolute atomic E-state index is 0.0156. The fourth-order valence-corrected chi connectivity index (χ4v) is 4.76. The van der Waals surface area contributed by atoms with Gasteiger partial charge < -0.3 is 9.80 Å². The summed E-state index contributed by atoms with van der Waals surface area (Å²) in [7, 11) is -4.09. The Morgan fingerprint density at radius 1 is 1.07 bits per heavy atom. The quantitative estimate of drug-likeness (QED) is 0.734. The van der Waals surface area contributed by atoms with Crippen LogP contribution in [-0.4, -0.2) is 73.6 Å². The van der Waals surface area contributed by atoms with E-state index < -0.39 is 26.7 Å². The van der Waals surface area contributed by atoms with E-state index in [1.165, 1.54) is 9.80 Å². The molecule has 0 saturated carbocycles. The number of benzene rings is 1. The van der Waals surface area contributed by atoms with Crippen LogP contribution in [0.5, 0.6) is 0 Å². The summed E-state index contributed by atoms with van der Waals surface area (Å²) >= 11 is 0. The van der Waals surface area contributed by atoms with Crippen LogP contribution in [0.3, 0.4) is 0 Å². The molecule has 0 aromatic heterocycles. The summed E-state index contributed by atoms with van der Waals surface area (Å²) in [5.41, 5.74) is -1.03. The number of halogens is 3. The Kier molecular flexibility index (Phi) is 5.67. The molecule has 28 heavy (non-hydrogen) atoms. The maximum absolute atomic E-state index is 12.9. The molecule has 2 heterocycles. The average molecular weight is 419 g/mol. The fraction of sp³-hybridized carbons (Fsp3) is 0.529. The first-order chi connectivity index (χ1) is 13.1. The van der Waals surface area contributed by atoms with E-state index in [1.54, 1.807) is 0 Å². The zero-order valence-electron chi connectivity index (χ0n) is 15.0. The van der Waals surface area contributed by atoms with E-state index >= 15 is 0 Å². The summed E-state index contributed by atoms with van der Waals surface area (Å²) in [6, 6.07) is 3.62. The molecule has 0 N–H and O–H groups in total. The molecular weight excluding hydrogens is 399 g/mol. The number of carbonyl (C=O) groups excluding carboxylic acids is 2. The van der Waals surface area contributed by atoms with Gasteiger partial charge in [0.1, 0.15) is 0 Å². The Hall–Kier alpha value is -2.14. The molecule has 154 valence electrons. The van der Waals surface area contributed by atoms with E-state index in [0.717, 1.165) is 28.9 Å². The van der Waals surface area contributed by atoms with Gasteiger partial charge in [0, 0.05) is 39.1 Å². The number of piperazine rings is 1. The number of nitrogens with zero attached hydrogens (tertiary/aromatic N) is 3. The van der Waals surface area contributed by atoms with Gasteiger partial charge in [-0.15, -0.1) is 0 Å². The standard InChI is InChI=1S/C17H20F3N3O4S/c18-17(19,20)13-3-1-4-14(11-13)28(26,27)23-9-7-21(8-10-23)16(25)12-22-6-2-5-15(22)24/h1,3-4,11H,2,5-10,12H2. The van der Waals surface area contributed by atoms with Crippen molar-refractivity contribution in [3.8, 4) is 0 Å². The van der Waals surface area contributed by atoms with Gasteiger partial charge in [0.15, 0.2) is 0 Å². The molecule has 0 unspecified atom stereocenters. The third-order valence-corrected chi connectivity index (χ3v) is 6.78. The van der Waals surface area contributed by atoms with Gasteiger partial charge in [-0.2, -0.15) is 17.5 Å². The minimum atomic E-state index is -4.64. The monoisotopic (exact) mass is 419 g/mol. The van der Waals surface area contributed by atoms with Gasteiger partial charge in [0.2, 0.25) is 21.8 Å². The predicted octanol–water partition coefficient (Wildman–Crippen LogP) is 1.16. The lowest BCUT2D eigenvalue weighted by atomic mass is 10.2. The van der Waals surface area contributed by atoms with Crippen molar-refractivity contribution in [1.29, 1.82) is 0 Å². The smallest absolute Gasteiger partial charge is 0.339 e. The zero-order chi connectivity index (χ0) is 20.5. The number of carbonyl (C=O) groups is 2. The number of sulfonamides is 1. The SMILES string of the molecule is O=C(CN1CCCC1=O)N1CCN(S(=O)(=O)c2cccc(C(F)(F)F)c2)CC1. The van der Waals surface area contributed by atoms with E-state index in [9.17, 15) is 31.2 Å². The second-order valence-electron chi connectivity index (χ2n) is 6.73. The molecule has 0 atom stereocenters. The van der Waals surface area contributed by atoms with E-state index in [2.05, 4.69) is 0 Å². The molecule has 2 fully saturated rings. The van der Waals surface area contributed by atoms with Gasteiger partial charge in [-0.05, 0) is 24.6 Å². The first-order valence-corrected chi connectivity index (χ1v) is 10.3. The first kappa shape index (κ1) is 20.6. The van der Waals surface area contributed by atoms with Crippen LogP contribution in [0.15, 0.2) is 29.2 Å². The van der Waals surface area contributed by atoms with Crippen LogP contribution in [0, 0.1) is 0 Å². The van der Waals surface area contributed by atoms with Crippen molar-refractivity contribution in [1.82, 2.24) is 14.1 Å². The van der Waals surface area contributed by atoms with Crippen LogP contribution < -0.4 is 0 Å². The zero-order valence-corrected chi connectivity index (χ0v) is 15.8. The second-order valence-corrected chi connectivity index (χ2v) is 8.67. The van der Waals surface area contributed by atoms with Gasteiger partial charge in [0.05, 0.1) is 17.0 Å². The molecule has 0 aliphatic carbocycles. The van der Waals surface area contributed by atoms with Crippen molar-refractivity contribution in [2.45, 2.75) is 23.9 Å². The number of rotatable bonds is 4. The van der Waals surface area contributed by atoms with Gasteiger partial charge in [-0.1, -0.05) is 6.07 Å². The maximum atomic E-state index is 12.9. The summed E-state index contributed by atoms with van der Waals surface area (Å²) < 4.78 is 65.0. The normalized spacial score (nSPS) is 19.3. The minimum Gasteiger partial charge on any atom is -0.339 e. The van der Waals surface area contributed by atoms with Crippen molar-refractivity contribution in [3.05, 3.63) is 29.8 Å². The summed E-state index contributed by atoms with van der Waals surface area (Å²) in [5, 5.41) is 0. The second kappa shape index (κ2) is 7.70. The van der Waals surface area contributed by atoms with Crippen molar-refractivity contribution < 1.29 is 31.2 Å². The van der Waals surface area contributed by atoms with Gasteiger partial charge in [-0.25, -0.2) is 8.42 Å². The molecule has 7 nitrogen and oxygen atoms in total. The average Bonchev–Trinajstić information content (AvgIpc) is 3.06. The Labute approximate surface area is 160 Å². The van der Waals surface area contributed by atoms with Gasteiger partial charge >= 0.3 is 6.18 Å². The lowest BCUT2D eigenvalue weighted by Crippen LogP contribution is -2.52. The van der Waals surface area contributed by atoms with Crippen molar-refractivity contribution in [2.75, 3.05) is 39.3 Å². The Morgan fingerprint density at radius 2 is 1.75 bits per heavy atom. The predicted molar refractivity (Wildman–Crippen MR) is 92.6 cm³/mol. The Morgan fingerprint density at radius 3 is 2.32 bits per heavy atom. The molecule has 11 heteroatoms. The molecule has 2 aliphatic heterocycles. The molecule has 2 aliphatic rings. The molecule has 2 amide bonds. The van der Waals surface area contributed by atoms with Crippen molar-refractivity contribution in [3.63, 3.8) is 0 Å². The van der Waals surface area contributed by atoms with E-state index in [4.69, 9.17) is 0 Å². The summed E-state index contributed by atoms with van der Waals surface area (Å²) in [6.07, 6.45) is -3.49. The highest BCUT2D eigenvalue weighted by Gasteiger charge is 2.35. The van der Waals surface area contributed by atoms with Crippen LogP contribution in [0.4, 0.5) is 13.2 Å². The molecule has 1 aromatic rings. The topological polar surface area (TPSA) is 78.0 Å². The summed E-state index contributed by atoms with van der Waals surface area (Å²) in [6.45, 7) is 0.725. The number of likely N-dealkylation sites (tertiary alicyclic amines) is 1. The molecule has 0 spiro atoms. The third-order valence-electron chi connectivity index (χ3n) is 4.89. The van der Waals surface area contributed by atoms with Crippen molar-refractivity contribution in [2.24, 2.45) is 0 Å². The third kappa shape index (κ3) is 4.30. The van der Waals surface area contributed by atoms with Gasteiger partial charge in [-0.3, -0.25) is 9.59 Å². The molecular formula is C17H20F3N3O4S. The summed E-state index contributed by atoms with van der Waals surface area (Å²) in [5.74, 6) is -0.328. The highest BCUT2D eigenvalue weighted by atomic mass is 32.2. The molecule has 2 saturated heterocycles. The highest BCUT2D eigenvalue weighted by molar-refractivity contribution is 7.89. The van der Waals surface area contributed by atoms with Crippen LogP contribution in [0.2, 0.25) is 0 Å². The molecule has 3 rings (SSSR count). The first-order valence-electron chi connectivity index (χ1n) is 8.82. The Bertz CT molecular complexity index is 865.